The standard InChI is InChI=1S/C8H10O7.2Na.2H/c9-5(10)1-3-7(13)15-8(14)4-2-6(11)12;;;;/h1-4H2,(H,9,10)(H,11,12);;;;/q;2*+1;2*-1. The summed E-state index contributed by atoms with van der Waals surface area (Å²) in [5.74, 6) is -4.28. The molecule has 0 atom stereocenters. The molecule has 0 spiro atoms. The van der Waals surface area contributed by atoms with E-state index in [4.69, 9.17) is 10.2 Å². The summed E-state index contributed by atoms with van der Waals surface area (Å²) in [6.45, 7) is 0. The molecule has 0 saturated heterocycles. The third-order valence-corrected chi connectivity index (χ3v) is 1.31. The maximum atomic E-state index is 10.7. The van der Waals surface area contributed by atoms with E-state index in [1.165, 1.54) is 0 Å². The molecule has 0 rings (SSSR count). The minimum atomic E-state index is -1.18. The van der Waals surface area contributed by atoms with Gasteiger partial charge in [0.2, 0.25) is 0 Å². The fraction of sp³-hybridized carbons (Fsp3) is 0.500. The van der Waals surface area contributed by atoms with Crippen molar-refractivity contribution in [1.82, 2.24) is 0 Å². The summed E-state index contributed by atoms with van der Waals surface area (Å²) in [6, 6.07) is 0. The molecule has 0 amide bonds. The monoisotopic (exact) mass is 266 g/mol. The normalized spacial score (nSPS) is 8.24. The Morgan fingerprint density at radius 2 is 1.06 bits per heavy atom. The smallest absolute Gasteiger partial charge is 1.00 e. The zero-order valence-electron chi connectivity index (χ0n) is 11.8. The van der Waals surface area contributed by atoms with Crippen molar-refractivity contribution in [2.75, 3.05) is 0 Å². The van der Waals surface area contributed by atoms with Gasteiger partial charge in [-0.15, -0.1) is 0 Å². The average molecular weight is 266 g/mol. The first-order valence-electron chi connectivity index (χ1n) is 4.09. The van der Waals surface area contributed by atoms with Crippen LogP contribution in [0.4, 0.5) is 0 Å². The van der Waals surface area contributed by atoms with Gasteiger partial charge in [0, 0.05) is 0 Å². The van der Waals surface area contributed by atoms with Gasteiger partial charge in [-0.1, -0.05) is 0 Å². The molecule has 0 aromatic heterocycles. The van der Waals surface area contributed by atoms with Crippen LogP contribution in [0.2, 0.25) is 0 Å². The van der Waals surface area contributed by atoms with Gasteiger partial charge in [-0.05, 0) is 0 Å². The van der Waals surface area contributed by atoms with E-state index in [-0.39, 0.29) is 62.0 Å². The van der Waals surface area contributed by atoms with Crippen LogP contribution in [0.1, 0.15) is 28.5 Å². The zero-order chi connectivity index (χ0) is 11.8. The van der Waals surface area contributed by atoms with Crippen molar-refractivity contribution < 1.29 is 96.1 Å². The SMILES string of the molecule is O=C(O)CCC(=O)OC(=O)CCC(=O)O.[H-].[H-].[Na+].[Na+]. The summed E-state index contributed by atoms with van der Waals surface area (Å²) in [5.41, 5.74) is 0. The van der Waals surface area contributed by atoms with Crippen LogP contribution in [0.25, 0.3) is 0 Å². The van der Waals surface area contributed by atoms with Crippen LogP contribution in [-0.2, 0) is 23.9 Å². The Morgan fingerprint density at radius 3 is 1.29 bits per heavy atom. The van der Waals surface area contributed by atoms with Crippen LogP contribution in [0.5, 0.6) is 0 Å². The Bertz CT molecular complexity index is 271. The fourth-order valence-electron chi connectivity index (χ4n) is 0.647. The molecule has 17 heavy (non-hydrogen) atoms. The topological polar surface area (TPSA) is 118 Å². The van der Waals surface area contributed by atoms with Gasteiger partial charge in [0.1, 0.15) is 0 Å². The number of ether oxygens (including phenoxy) is 1. The number of esters is 2. The van der Waals surface area contributed by atoms with Crippen LogP contribution >= 0.6 is 0 Å². The Hall–Kier alpha value is 0.0800. The van der Waals surface area contributed by atoms with E-state index in [2.05, 4.69) is 4.74 Å². The van der Waals surface area contributed by atoms with Crippen molar-refractivity contribution in [2.24, 2.45) is 0 Å². The van der Waals surface area contributed by atoms with Crippen molar-refractivity contribution in [1.29, 1.82) is 0 Å². The van der Waals surface area contributed by atoms with Crippen LogP contribution in [-0.4, -0.2) is 34.1 Å². The average Bonchev–Trinajstić information content (AvgIpc) is 2.11. The molecular formula is C8H12Na2O7. The molecule has 7 nitrogen and oxygen atoms in total. The van der Waals surface area contributed by atoms with Crippen molar-refractivity contribution in [3.05, 3.63) is 0 Å². The summed E-state index contributed by atoms with van der Waals surface area (Å²) in [7, 11) is 0. The van der Waals surface area contributed by atoms with E-state index in [0.29, 0.717) is 0 Å². The summed E-state index contributed by atoms with van der Waals surface area (Å²) < 4.78 is 4.15. The number of carboxylic acid groups (broad SMARTS) is 2. The quantitative estimate of drug-likeness (QED) is 0.279. The van der Waals surface area contributed by atoms with Crippen molar-refractivity contribution >= 4 is 23.9 Å². The van der Waals surface area contributed by atoms with Crippen LogP contribution in [0.15, 0.2) is 0 Å². The van der Waals surface area contributed by atoms with Gasteiger partial charge < -0.3 is 17.8 Å². The predicted octanol–water partition coefficient (Wildman–Crippen LogP) is -5.98. The molecule has 0 bridgehead atoms. The zero-order valence-corrected chi connectivity index (χ0v) is 13.8. The van der Waals surface area contributed by atoms with Crippen LogP contribution < -0.4 is 59.1 Å². The van der Waals surface area contributed by atoms with E-state index in [0.717, 1.165) is 0 Å². The Balaban J connectivity index is -0.000000163. The van der Waals surface area contributed by atoms with Crippen LogP contribution in [0.3, 0.4) is 0 Å². The van der Waals surface area contributed by atoms with Gasteiger partial charge in [0.25, 0.3) is 0 Å². The Morgan fingerprint density at radius 1 is 0.765 bits per heavy atom. The number of carbonyl (C=O) groups is 4. The third-order valence-electron chi connectivity index (χ3n) is 1.31. The van der Waals surface area contributed by atoms with E-state index >= 15 is 0 Å². The van der Waals surface area contributed by atoms with Gasteiger partial charge in [-0.25, -0.2) is 0 Å². The Kier molecular flexibility index (Phi) is 16.4. The van der Waals surface area contributed by atoms with Crippen LogP contribution in [0, 0.1) is 0 Å². The number of rotatable bonds is 6. The first-order valence-corrected chi connectivity index (χ1v) is 4.09. The van der Waals surface area contributed by atoms with Gasteiger partial charge in [0.05, 0.1) is 25.7 Å². The number of hydrogen-bond donors (Lipinski definition) is 2. The van der Waals surface area contributed by atoms with Crippen molar-refractivity contribution in [3.63, 3.8) is 0 Å². The molecular weight excluding hydrogens is 254 g/mol. The molecule has 2 N–H and O–H groups in total. The number of carboxylic acids is 2. The van der Waals surface area contributed by atoms with Gasteiger partial charge in [-0.2, -0.15) is 0 Å². The summed E-state index contributed by atoms with van der Waals surface area (Å²) in [5, 5.41) is 16.4. The third kappa shape index (κ3) is 16.1. The second kappa shape index (κ2) is 12.5. The molecule has 0 heterocycles. The van der Waals surface area contributed by atoms with Crippen molar-refractivity contribution in [3.8, 4) is 0 Å². The molecule has 0 unspecified atom stereocenters. The second-order valence-electron chi connectivity index (χ2n) is 2.63. The largest absolute Gasteiger partial charge is 1.00 e. The van der Waals surface area contributed by atoms with Gasteiger partial charge in [0.15, 0.2) is 0 Å². The molecule has 9 heteroatoms. The molecule has 0 aromatic carbocycles. The molecule has 0 aliphatic rings. The second-order valence-corrected chi connectivity index (χ2v) is 2.63. The van der Waals surface area contributed by atoms with E-state index in [1.807, 2.05) is 0 Å². The van der Waals surface area contributed by atoms with E-state index in [9.17, 15) is 19.2 Å². The summed E-state index contributed by atoms with van der Waals surface area (Å²) >= 11 is 0. The summed E-state index contributed by atoms with van der Waals surface area (Å²) in [6.07, 6.45) is -1.67. The molecule has 0 radical (unpaired) electrons. The minimum Gasteiger partial charge on any atom is -1.00 e. The van der Waals surface area contributed by atoms with E-state index in [1.54, 1.807) is 0 Å². The maximum Gasteiger partial charge on any atom is 1.00 e. The fourth-order valence-corrected chi connectivity index (χ4v) is 0.647. The van der Waals surface area contributed by atoms with Gasteiger partial charge >= 0.3 is 83.0 Å². The first-order chi connectivity index (χ1) is 6.91. The van der Waals surface area contributed by atoms with E-state index < -0.39 is 49.6 Å². The van der Waals surface area contributed by atoms with Gasteiger partial charge in [-0.3, -0.25) is 19.2 Å². The summed E-state index contributed by atoms with van der Waals surface area (Å²) in [4.78, 5) is 41.6. The molecule has 88 valence electrons. The minimum absolute atomic E-state index is 0. The molecule has 0 aliphatic heterocycles. The molecule has 0 aliphatic carbocycles. The Labute approximate surface area is 144 Å². The predicted molar refractivity (Wildman–Crippen MR) is 47.1 cm³/mol. The number of carbonyl (C=O) groups excluding carboxylic acids is 2. The molecule has 0 saturated carbocycles. The molecule has 0 aromatic rings. The first kappa shape index (κ1) is 22.3. The number of hydrogen-bond acceptors (Lipinski definition) is 5. The van der Waals surface area contributed by atoms with Crippen molar-refractivity contribution in [2.45, 2.75) is 25.7 Å². The molecule has 0 fully saturated rings. The maximum absolute atomic E-state index is 10.7. The number of aliphatic carboxylic acids is 2.